The van der Waals surface area contributed by atoms with Crippen LogP contribution < -0.4 is 0 Å². The van der Waals surface area contributed by atoms with E-state index in [2.05, 4.69) is 0 Å². The quantitative estimate of drug-likeness (QED) is 0.581. The van der Waals surface area contributed by atoms with Gasteiger partial charge in [0.2, 0.25) is 0 Å². The van der Waals surface area contributed by atoms with Gasteiger partial charge in [-0.05, 0) is 36.7 Å². The molecule has 0 heterocycles. The molecule has 0 saturated heterocycles. The van der Waals surface area contributed by atoms with Gasteiger partial charge in [0, 0.05) is 12.5 Å². The van der Waals surface area contributed by atoms with Crippen molar-refractivity contribution in [2.75, 3.05) is 0 Å². The average Bonchev–Trinajstić information content (AvgIpc) is 2.33. The molecule has 0 bridgehead atoms. The molecule has 22 heavy (non-hydrogen) atoms. The molecule has 6 heteroatoms. The number of hydrogen-bond acceptors (Lipinski definition) is 2. The van der Waals surface area contributed by atoms with Crippen LogP contribution in [-0.2, 0) is 15.6 Å². The van der Waals surface area contributed by atoms with Crippen LogP contribution in [0.5, 0.6) is 0 Å². The van der Waals surface area contributed by atoms with Crippen molar-refractivity contribution >= 4 is 14.1 Å². The topological polar surface area (TPSA) is 26.3 Å². The fraction of sp³-hybridized carbons (Fsp3) is 0.562. The Morgan fingerprint density at radius 1 is 1.14 bits per heavy atom. The smallest absolute Gasteiger partial charge is 0.193 e. The van der Waals surface area contributed by atoms with E-state index in [4.69, 9.17) is 4.43 Å². The molecule has 124 valence electrons. The van der Waals surface area contributed by atoms with E-state index < -0.39 is 31.9 Å². The molecule has 0 aliphatic rings. The van der Waals surface area contributed by atoms with Gasteiger partial charge in [-0.3, -0.25) is 4.79 Å². The Morgan fingerprint density at radius 3 is 2.14 bits per heavy atom. The van der Waals surface area contributed by atoms with Crippen molar-refractivity contribution in [1.82, 2.24) is 0 Å². The third kappa shape index (κ3) is 4.43. The Balaban J connectivity index is 2.84. The molecule has 0 aromatic heterocycles. The lowest BCUT2D eigenvalue weighted by atomic mass is 10.1. The summed E-state index contributed by atoms with van der Waals surface area (Å²) in [7, 11) is -2.13. The highest BCUT2D eigenvalue weighted by Gasteiger charge is 2.39. The molecular weight excluding hydrogens is 309 g/mol. The van der Waals surface area contributed by atoms with Gasteiger partial charge in [0.15, 0.2) is 25.7 Å². The van der Waals surface area contributed by atoms with Crippen molar-refractivity contribution in [2.24, 2.45) is 0 Å². The standard InChI is InChI=1S/C16H23F3O2Si/c1-10(21-22(5,6)16(2,3)4)15(20)8-11-7-13(18)14(19)9-12(11)17/h7,9-10H,8H2,1-6H3. The van der Waals surface area contributed by atoms with Crippen LogP contribution in [-0.4, -0.2) is 20.2 Å². The van der Waals surface area contributed by atoms with Gasteiger partial charge in [0.05, 0.1) is 0 Å². The Labute approximate surface area is 130 Å². The summed E-state index contributed by atoms with van der Waals surface area (Å²) >= 11 is 0. The predicted molar refractivity (Wildman–Crippen MR) is 82.8 cm³/mol. The van der Waals surface area contributed by atoms with Gasteiger partial charge in [-0.15, -0.1) is 0 Å². The summed E-state index contributed by atoms with van der Waals surface area (Å²) in [6.45, 7) is 11.8. The predicted octanol–water partition coefficient (Wildman–Crippen LogP) is 4.63. The Bertz CT molecular complexity index is 565. The molecule has 1 rings (SSSR count). The maximum atomic E-state index is 13.6. The second-order valence-corrected chi connectivity index (χ2v) is 11.8. The first kappa shape index (κ1) is 18.9. The average molecular weight is 332 g/mol. The van der Waals surface area contributed by atoms with Crippen LogP contribution in [0.4, 0.5) is 13.2 Å². The highest BCUT2D eigenvalue weighted by atomic mass is 28.4. The lowest BCUT2D eigenvalue weighted by Crippen LogP contribution is -2.45. The van der Waals surface area contributed by atoms with E-state index in [0.29, 0.717) is 6.07 Å². The highest BCUT2D eigenvalue weighted by Crippen LogP contribution is 2.37. The fourth-order valence-corrected chi connectivity index (χ4v) is 3.08. The third-order valence-corrected chi connectivity index (χ3v) is 8.74. The van der Waals surface area contributed by atoms with Crippen LogP contribution in [0.15, 0.2) is 12.1 Å². The number of carbonyl (C=O) groups excluding carboxylic acids is 1. The van der Waals surface area contributed by atoms with E-state index in [9.17, 15) is 18.0 Å². The summed E-state index contributed by atoms with van der Waals surface area (Å²) in [5, 5.41) is -0.0607. The molecule has 0 aliphatic carbocycles. The van der Waals surface area contributed by atoms with E-state index in [-0.39, 0.29) is 22.8 Å². The largest absolute Gasteiger partial charge is 0.407 e. The lowest BCUT2D eigenvalue weighted by Gasteiger charge is -2.38. The Morgan fingerprint density at radius 2 is 1.64 bits per heavy atom. The Hall–Kier alpha value is -1.14. The number of rotatable bonds is 5. The summed E-state index contributed by atoms with van der Waals surface area (Å²) in [5.74, 6) is -3.71. The Kier molecular flexibility index (Phi) is 5.62. The zero-order valence-corrected chi connectivity index (χ0v) is 14.9. The number of halogens is 3. The SMILES string of the molecule is CC(O[Si](C)(C)C(C)(C)C)C(=O)Cc1cc(F)c(F)cc1F. The normalized spacial score (nSPS) is 14.0. The molecule has 0 aliphatic heterocycles. The molecule has 2 nitrogen and oxygen atoms in total. The van der Waals surface area contributed by atoms with Gasteiger partial charge in [0.1, 0.15) is 11.9 Å². The molecule has 0 fully saturated rings. The van der Waals surface area contributed by atoms with Gasteiger partial charge in [-0.25, -0.2) is 13.2 Å². The van der Waals surface area contributed by atoms with Gasteiger partial charge >= 0.3 is 0 Å². The summed E-state index contributed by atoms with van der Waals surface area (Å²) in [6, 6.07) is 1.18. The van der Waals surface area contributed by atoms with Gasteiger partial charge in [0.25, 0.3) is 0 Å². The molecule has 0 saturated carbocycles. The number of ketones is 1. The third-order valence-electron chi connectivity index (χ3n) is 4.19. The summed E-state index contributed by atoms with van der Waals surface area (Å²) in [6.07, 6.45) is -1.04. The maximum Gasteiger partial charge on any atom is 0.193 e. The van der Waals surface area contributed by atoms with Crippen molar-refractivity contribution < 1.29 is 22.4 Å². The van der Waals surface area contributed by atoms with Crippen LogP contribution in [0.1, 0.15) is 33.3 Å². The van der Waals surface area contributed by atoms with Crippen LogP contribution in [0.3, 0.4) is 0 Å². The first-order valence-corrected chi connectivity index (χ1v) is 10.1. The minimum Gasteiger partial charge on any atom is -0.407 e. The van der Waals surface area contributed by atoms with Crippen molar-refractivity contribution in [2.45, 2.75) is 58.4 Å². The van der Waals surface area contributed by atoms with E-state index in [1.165, 1.54) is 0 Å². The monoisotopic (exact) mass is 332 g/mol. The molecule has 0 N–H and O–H groups in total. The maximum absolute atomic E-state index is 13.6. The van der Waals surface area contributed by atoms with Gasteiger partial charge in [-0.1, -0.05) is 20.8 Å². The second-order valence-electron chi connectivity index (χ2n) is 7.02. The van der Waals surface area contributed by atoms with Crippen LogP contribution >= 0.6 is 0 Å². The second kappa shape index (κ2) is 6.54. The van der Waals surface area contributed by atoms with Crippen LogP contribution in [0.25, 0.3) is 0 Å². The zero-order chi connectivity index (χ0) is 17.3. The minimum absolute atomic E-state index is 0.0607. The molecular formula is C16H23F3O2Si. The first-order valence-electron chi connectivity index (χ1n) is 7.19. The molecule has 0 radical (unpaired) electrons. The van der Waals surface area contributed by atoms with Gasteiger partial charge in [-0.2, -0.15) is 0 Å². The number of benzene rings is 1. The fourth-order valence-electron chi connectivity index (χ4n) is 1.72. The number of Topliss-reactive ketones (excluding diaryl/α,β-unsaturated/α-hetero) is 1. The van der Waals surface area contributed by atoms with Crippen molar-refractivity contribution in [1.29, 1.82) is 0 Å². The zero-order valence-electron chi connectivity index (χ0n) is 13.9. The summed E-state index contributed by atoms with van der Waals surface area (Å²) in [4.78, 5) is 12.2. The lowest BCUT2D eigenvalue weighted by molar-refractivity contribution is -0.124. The van der Waals surface area contributed by atoms with Crippen LogP contribution in [0, 0.1) is 17.5 Å². The van der Waals surface area contributed by atoms with Crippen molar-refractivity contribution in [3.8, 4) is 0 Å². The highest BCUT2D eigenvalue weighted by molar-refractivity contribution is 6.74. The van der Waals surface area contributed by atoms with E-state index in [1.807, 2.05) is 33.9 Å². The molecule has 0 amide bonds. The minimum atomic E-state index is -2.13. The number of carbonyl (C=O) groups is 1. The molecule has 1 unspecified atom stereocenters. The van der Waals surface area contributed by atoms with Crippen molar-refractivity contribution in [3.63, 3.8) is 0 Å². The molecule has 1 aromatic carbocycles. The van der Waals surface area contributed by atoms with E-state index >= 15 is 0 Å². The van der Waals surface area contributed by atoms with Crippen molar-refractivity contribution in [3.05, 3.63) is 35.1 Å². The first-order chi connectivity index (χ1) is 9.85. The van der Waals surface area contributed by atoms with E-state index in [0.717, 1.165) is 6.07 Å². The van der Waals surface area contributed by atoms with Crippen LogP contribution in [0.2, 0.25) is 18.1 Å². The van der Waals surface area contributed by atoms with Gasteiger partial charge < -0.3 is 4.43 Å². The molecule has 1 aromatic rings. The summed E-state index contributed by atoms with van der Waals surface area (Å²) in [5.41, 5.74) is -0.158. The van der Waals surface area contributed by atoms with E-state index in [1.54, 1.807) is 6.92 Å². The molecule has 0 spiro atoms. The number of hydrogen-bond donors (Lipinski definition) is 0. The summed E-state index contributed by atoms with van der Waals surface area (Å²) < 4.78 is 45.6. The molecule has 1 atom stereocenters.